The van der Waals surface area contributed by atoms with E-state index in [4.69, 9.17) is 28.8 Å². The van der Waals surface area contributed by atoms with Gasteiger partial charge in [-0.15, -0.1) is 0 Å². The lowest BCUT2D eigenvalue weighted by Gasteiger charge is -2.07. The highest BCUT2D eigenvalue weighted by atomic mass is 16.6. The van der Waals surface area contributed by atoms with Gasteiger partial charge in [0.25, 0.3) is 0 Å². The van der Waals surface area contributed by atoms with Gasteiger partial charge in [-0.05, 0) is 12.8 Å². The minimum atomic E-state index is -0.851. The monoisotopic (exact) mass is 336 g/mol. The van der Waals surface area contributed by atoms with Gasteiger partial charge in [0.15, 0.2) is 0 Å². The molecule has 0 aromatic rings. The Morgan fingerprint density at radius 1 is 0.739 bits per heavy atom. The summed E-state index contributed by atoms with van der Waals surface area (Å²) in [4.78, 5) is 21.6. The molecule has 136 valence electrons. The highest BCUT2D eigenvalue weighted by Gasteiger charge is 2.04. The van der Waals surface area contributed by atoms with Crippen molar-refractivity contribution in [1.29, 1.82) is 0 Å². The lowest BCUT2D eigenvalue weighted by atomic mass is 10.2. The minimum absolute atomic E-state index is 0.0772. The van der Waals surface area contributed by atoms with Crippen LogP contribution in [-0.2, 0) is 33.3 Å². The summed E-state index contributed by atoms with van der Waals surface area (Å²) >= 11 is 0. The van der Waals surface area contributed by atoms with Crippen molar-refractivity contribution in [3.63, 3.8) is 0 Å². The third kappa shape index (κ3) is 18.7. The average molecular weight is 336 g/mol. The number of carboxylic acid groups (broad SMARTS) is 1. The number of hydrogen-bond donors (Lipinski definition) is 1. The molecule has 0 fully saturated rings. The van der Waals surface area contributed by atoms with Crippen LogP contribution in [0.2, 0.25) is 0 Å². The SMILES string of the molecule is COCCOCCOCCOCCOC(=O)CCCCC(=O)O. The van der Waals surface area contributed by atoms with Gasteiger partial charge in [0.05, 0.1) is 46.2 Å². The van der Waals surface area contributed by atoms with Crippen molar-refractivity contribution in [2.24, 2.45) is 0 Å². The molecule has 0 aliphatic heterocycles. The number of ether oxygens (including phenoxy) is 5. The molecule has 0 aliphatic rings. The molecular formula is C15H28O8. The second-order valence-electron chi connectivity index (χ2n) is 4.65. The third-order valence-electron chi connectivity index (χ3n) is 2.69. The van der Waals surface area contributed by atoms with Gasteiger partial charge in [-0.2, -0.15) is 0 Å². The zero-order valence-corrected chi connectivity index (χ0v) is 13.8. The zero-order chi connectivity index (χ0) is 17.2. The second-order valence-corrected chi connectivity index (χ2v) is 4.65. The van der Waals surface area contributed by atoms with Gasteiger partial charge in [0.2, 0.25) is 0 Å². The van der Waals surface area contributed by atoms with Crippen molar-refractivity contribution in [3.8, 4) is 0 Å². The molecule has 0 radical (unpaired) electrons. The first-order valence-electron chi connectivity index (χ1n) is 7.76. The molecule has 0 rings (SSSR count). The lowest BCUT2D eigenvalue weighted by Crippen LogP contribution is -2.14. The van der Waals surface area contributed by atoms with Crippen molar-refractivity contribution in [2.45, 2.75) is 25.7 Å². The number of rotatable bonds is 17. The van der Waals surface area contributed by atoms with Crippen LogP contribution in [0.4, 0.5) is 0 Å². The molecule has 1 N–H and O–H groups in total. The number of unbranched alkanes of at least 4 members (excludes halogenated alkanes) is 1. The van der Waals surface area contributed by atoms with Crippen LogP contribution in [0.25, 0.3) is 0 Å². The number of esters is 1. The van der Waals surface area contributed by atoms with Crippen LogP contribution >= 0.6 is 0 Å². The van der Waals surface area contributed by atoms with E-state index in [1.165, 1.54) is 0 Å². The molecule has 0 unspecified atom stereocenters. The second kappa shape index (κ2) is 17.1. The Kier molecular flexibility index (Phi) is 16.2. The van der Waals surface area contributed by atoms with Gasteiger partial charge in [0, 0.05) is 20.0 Å². The van der Waals surface area contributed by atoms with Crippen molar-refractivity contribution >= 4 is 11.9 Å². The topological polar surface area (TPSA) is 101 Å². The Morgan fingerprint density at radius 3 is 1.74 bits per heavy atom. The summed E-state index contributed by atoms with van der Waals surface area (Å²) in [5.41, 5.74) is 0. The van der Waals surface area contributed by atoms with Crippen LogP contribution in [0.1, 0.15) is 25.7 Å². The van der Waals surface area contributed by atoms with Crippen LogP contribution in [0.15, 0.2) is 0 Å². The Bertz CT molecular complexity index is 295. The van der Waals surface area contributed by atoms with E-state index in [0.29, 0.717) is 59.1 Å². The zero-order valence-electron chi connectivity index (χ0n) is 13.8. The summed E-state index contributed by atoms with van der Waals surface area (Å²) in [5.74, 6) is -1.18. The van der Waals surface area contributed by atoms with E-state index >= 15 is 0 Å². The van der Waals surface area contributed by atoms with Gasteiger partial charge in [0.1, 0.15) is 6.61 Å². The van der Waals surface area contributed by atoms with Crippen molar-refractivity contribution in [1.82, 2.24) is 0 Å². The van der Waals surface area contributed by atoms with E-state index in [2.05, 4.69) is 0 Å². The molecule has 8 heteroatoms. The summed E-state index contributed by atoms with van der Waals surface area (Å²) in [6, 6.07) is 0. The number of carbonyl (C=O) groups is 2. The fraction of sp³-hybridized carbons (Fsp3) is 0.867. The molecule has 0 spiro atoms. The molecule has 0 saturated heterocycles. The summed E-state index contributed by atoms with van der Waals surface area (Å²) in [7, 11) is 1.62. The van der Waals surface area contributed by atoms with Crippen LogP contribution in [0.5, 0.6) is 0 Å². The summed E-state index contributed by atoms with van der Waals surface area (Å²) in [6.07, 6.45) is 1.31. The van der Waals surface area contributed by atoms with Crippen LogP contribution in [-0.4, -0.2) is 77.0 Å². The number of aliphatic carboxylic acids is 1. The Balaban J connectivity index is 3.14. The Hall–Kier alpha value is -1.22. The first-order chi connectivity index (χ1) is 11.2. The van der Waals surface area contributed by atoms with Crippen LogP contribution in [0.3, 0.4) is 0 Å². The summed E-state index contributed by atoms with van der Waals surface area (Å²) < 4.78 is 25.5. The maximum atomic E-state index is 11.3. The maximum absolute atomic E-state index is 11.3. The van der Waals surface area contributed by atoms with Crippen molar-refractivity contribution in [3.05, 3.63) is 0 Å². The summed E-state index contributed by atoms with van der Waals surface area (Å²) in [6.45, 7) is 3.53. The lowest BCUT2D eigenvalue weighted by molar-refractivity contribution is -0.146. The number of carboxylic acids is 1. The average Bonchev–Trinajstić information content (AvgIpc) is 2.52. The molecule has 0 aromatic carbocycles. The van der Waals surface area contributed by atoms with Gasteiger partial charge in [-0.25, -0.2) is 0 Å². The molecule has 0 heterocycles. The van der Waals surface area contributed by atoms with Gasteiger partial charge in [-0.1, -0.05) is 0 Å². The smallest absolute Gasteiger partial charge is 0.305 e. The van der Waals surface area contributed by atoms with Crippen molar-refractivity contribution in [2.75, 3.05) is 60.0 Å². The van der Waals surface area contributed by atoms with Crippen LogP contribution in [0, 0.1) is 0 Å². The molecule has 0 saturated carbocycles. The highest BCUT2D eigenvalue weighted by Crippen LogP contribution is 2.01. The first-order valence-corrected chi connectivity index (χ1v) is 7.76. The first kappa shape index (κ1) is 21.8. The Morgan fingerprint density at radius 2 is 1.22 bits per heavy atom. The largest absolute Gasteiger partial charge is 0.481 e. The van der Waals surface area contributed by atoms with E-state index in [9.17, 15) is 9.59 Å². The van der Waals surface area contributed by atoms with E-state index in [-0.39, 0.29) is 25.4 Å². The molecule has 0 aliphatic carbocycles. The molecule has 0 amide bonds. The van der Waals surface area contributed by atoms with E-state index in [0.717, 1.165) is 0 Å². The number of carbonyl (C=O) groups excluding carboxylic acids is 1. The molecule has 0 atom stereocenters. The predicted octanol–water partition coefficient (Wildman–Crippen LogP) is 0.871. The molecular weight excluding hydrogens is 308 g/mol. The molecule has 0 aromatic heterocycles. The number of hydrogen-bond acceptors (Lipinski definition) is 7. The fourth-order valence-corrected chi connectivity index (χ4v) is 1.52. The van der Waals surface area contributed by atoms with Gasteiger partial charge in [-0.3, -0.25) is 9.59 Å². The van der Waals surface area contributed by atoms with Gasteiger partial charge >= 0.3 is 11.9 Å². The normalized spacial score (nSPS) is 10.7. The fourth-order valence-electron chi connectivity index (χ4n) is 1.52. The minimum Gasteiger partial charge on any atom is -0.481 e. The van der Waals surface area contributed by atoms with E-state index in [1.54, 1.807) is 7.11 Å². The molecule has 0 bridgehead atoms. The Labute approximate surface area is 137 Å². The highest BCUT2D eigenvalue weighted by molar-refractivity contribution is 5.69. The number of methoxy groups -OCH3 is 1. The maximum Gasteiger partial charge on any atom is 0.305 e. The predicted molar refractivity (Wildman–Crippen MR) is 81.4 cm³/mol. The van der Waals surface area contributed by atoms with Crippen LogP contribution < -0.4 is 0 Å². The quantitative estimate of drug-likeness (QED) is 0.308. The van der Waals surface area contributed by atoms with E-state index < -0.39 is 5.97 Å². The standard InChI is InChI=1S/C15H28O8/c1-19-6-7-20-8-9-21-10-11-22-12-13-23-15(18)5-3-2-4-14(16)17/h2-13H2,1H3,(H,16,17). The third-order valence-corrected chi connectivity index (χ3v) is 2.69. The molecule has 8 nitrogen and oxygen atoms in total. The van der Waals surface area contributed by atoms with Crippen molar-refractivity contribution < 1.29 is 38.4 Å². The van der Waals surface area contributed by atoms with E-state index in [1.807, 2.05) is 0 Å². The van der Waals surface area contributed by atoms with Gasteiger partial charge < -0.3 is 28.8 Å². The summed E-state index contributed by atoms with van der Waals surface area (Å²) in [5, 5.41) is 8.45. The molecule has 23 heavy (non-hydrogen) atoms.